The van der Waals surface area contributed by atoms with Crippen LogP contribution in [0.3, 0.4) is 0 Å². The number of hydrogen-bond donors (Lipinski definition) is 1. The number of benzene rings is 2. The average Bonchev–Trinajstić information content (AvgIpc) is 3.27. The van der Waals surface area contributed by atoms with Crippen LogP contribution < -0.4 is 9.47 Å². The number of carbonyl (C=O) groups excluding carboxylic acids is 1. The molecule has 1 N–H and O–H groups in total. The summed E-state index contributed by atoms with van der Waals surface area (Å²) in [4.78, 5) is 12.0. The Morgan fingerprint density at radius 1 is 1.12 bits per heavy atom. The van der Waals surface area contributed by atoms with Crippen LogP contribution in [0, 0.1) is 5.82 Å². The number of aliphatic hydroxyl groups excluding tert-OH is 1. The van der Waals surface area contributed by atoms with Crippen LogP contribution >= 0.6 is 0 Å². The number of aliphatic hydroxyl groups is 1. The molecule has 1 fully saturated rings. The van der Waals surface area contributed by atoms with Crippen LogP contribution in [0.25, 0.3) is 10.9 Å². The second-order valence-electron chi connectivity index (χ2n) is 10.4. The lowest BCUT2D eigenvalue weighted by Gasteiger charge is -2.21. The van der Waals surface area contributed by atoms with E-state index < -0.39 is 6.61 Å². The zero-order valence-corrected chi connectivity index (χ0v) is 19.4. The van der Waals surface area contributed by atoms with Crippen LogP contribution in [0.2, 0.25) is 0 Å². The molecule has 0 amide bonds. The molecular formula is C27H30FNO4. The third-order valence-electron chi connectivity index (χ3n) is 7.06. The maximum atomic E-state index is 15.2. The van der Waals surface area contributed by atoms with Gasteiger partial charge in [-0.05, 0) is 72.6 Å². The molecule has 0 atom stereocenters. The van der Waals surface area contributed by atoms with Gasteiger partial charge in [-0.1, -0.05) is 26.8 Å². The van der Waals surface area contributed by atoms with Crippen molar-refractivity contribution in [2.75, 3.05) is 13.4 Å². The predicted octanol–water partition coefficient (Wildman–Crippen LogP) is 5.03. The van der Waals surface area contributed by atoms with Crippen LogP contribution in [0.5, 0.6) is 11.5 Å². The van der Waals surface area contributed by atoms with Crippen molar-refractivity contribution in [3.63, 3.8) is 0 Å². The molecular weight excluding hydrogens is 421 g/mol. The molecule has 5 rings (SSSR count). The molecule has 0 radical (unpaired) electrons. The molecule has 3 aromatic rings. The van der Waals surface area contributed by atoms with E-state index >= 15 is 4.39 Å². The van der Waals surface area contributed by atoms with Crippen LogP contribution in [0.4, 0.5) is 4.39 Å². The smallest absolute Gasteiger partial charge is 0.231 e. The maximum Gasteiger partial charge on any atom is 0.231 e. The predicted molar refractivity (Wildman–Crippen MR) is 124 cm³/mol. The van der Waals surface area contributed by atoms with E-state index in [1.807, 2.05) is 22.8 Å². The van der Waals surface area contributed by atoms with Gasteiger partial charge in [0, 0.05) is 16.5 Å². The number of nitrogens with zero attached hydrogens (tertiary/aromatic N) is 1. The van der Waals surface area contributed by atoms with E-state index in [0.717, 1.165) is 41.8 Å². The van der Waals surface area contributed by atoms with Crippen molar-refractivity contribution in [1.29, 1.82) is 0 Å². The first-order chi connectivity index (χ1) is 15.7. The summed E-state index contributed by atoms with van der Waals surface area (Å²) in [6, 6.07) is 11.7. The van der Waals surface area contributed by atoms with Gasteiger partial charge in [0.25, 0.3) is 0 Å². The van der Waals surface area contributed by atoms with Crippen LogP contribution in [-0.4, -0.2) is 28.9 Å². The third-order valence-corrected chi connectivity index (χ3v) is 7.06. The van der Waals surface area contributed by atoms with Gasteiger partial charge in [-0.15, -0.1) is 0 Å². The second kappa shape index (κ2) is 7.87. The Hall–Kier alpha value is -2.86. The highest BCUT2D eigenvalue weighted by Gasteiger charge is 2.44. The molecule has 1 aromatic heterocycles. The number of aromatic nitrogens is 1. The number of halogens is 1. The Bertz CT molecular complexity index is 1230. The lowest BCUT2D eigenvalue weighted by atomic mass is 9.88. The summed E-state index contributed by atoms with van der Waals surface area (Å²) < 4.78 is 28.0. The van der Waals surface area contributed by atoms with Crippen molar-refractivity contribution >= 4 is 16.7 Å². The summed E-state index contributed by atoms with van der Waals surface area (Å²) in [7, 11) is 0. The van der Waals surface area contributed by atoms with E-state index in [1.165, 1.54) is 5.56 Å². The van der Waals surface area contributed by atoms with Gasteiger partial charge in [0.1, 0.15) is 12.4 Å². The standard InChI is InChI=1S/C27H30FNO4/c1-26(2,3)25-11-18-10-17(21(28)13-22(18)29(25)14-20(31)15-30)6-7-27(8-9-27)19-4-5-23-24(12-19)33-16-32-23/h4-5,10-13,30H,6-9,14-16H2,1-3H3. The monoisotopic (exact) mass is 451 g/mol. The SMILES string of the molecule is CC(C)(C)c1cc2cc(CCC3(c4ccc5c(c4)OCO5)CC3)c(F)cc2n1CC(=O)CO. The number of Topliss-reactive ketones (excluding diaryl/α,β-unsaturated/α-hetero) is 1. The van der Waals surface area contributed by atoms with Gasteiger partial charge in [-0.2, -0.15) is 0 Å². The molecule has 33 heavy (non-hydrogen) atoms. The molecule has 2 heterocycles. The second-order valence-corrected chi connectivity index (χ2v) is 10.4. The molecule has 0 saturated heterocycles. The fraction of sp³-hybridized carbons (Fsp3) is 0.444. The third kappa shape index (κ3) is 4.01. The van der Waals surface area contributed by atoms with E-state index in [2.05, 4.69) is 32.9 Å². The van der Waals surface area contributed by atoms with E-state index in [9.17, 15) is 9.90 Å². The zero-order chi connectivity index (χ0) is 23.4. The average molecular weight is 452 g/mol. The van der Waals surface area contributed by atoms with Gasteiger partial charge in [0.2, 0.25) is 6.79 Å². The van der Waals surface area contributed by atoms with Gasteiger partial charge in [0.05, 0.1) is 12.1 Å². The Balaban J connectivity index is 1.43. The topological polar surface area (TPSA) is 60.7 Å². The summed E-state index contributed by atoms with van der Waals surface area (Å²) in [6.45, 7) is 5.99. The molecule has 0 spiro atoms. The maximum absolute atomic E-state index is 15.2. The molecule has 2 aliphatic rings. The molecule has 0 bridgehead atoms. The van der Waals surface area contributed by atoms with Gasteiger partial charge < -0.3 is 19.1 Å². The van der Waals surface area contributed by atoms with E-state index in [0.29, 0.717) is 17.5 Å². The largest absolute Gasteiger partial charge is 0.454 e. The Kier molecular flexibility index (Phi) is 5.24. The number of ketones is 1. The minimum Gasteiger partial charge on any atom is -0.454 e. The highest BCUT2D eigenvalue weighted by molar-refractivity contribution is 5.86. The Labute approximate surface area is 193 Å². The highest BCUT2D eigenvalue weighted by atomic mass is 19.1. The molecule has 5 nitrogen and oxygen atoms in total. The van der Waals surface area contributed by atoms with Crippen LogP contribution in [-0.2, 0) is 28.6 Å². The lowest BCUT2D eigenvalue weighted by Crippen LogP contribution is -2.22. The van der Waals surface area contributed by atoms with Crippen molar-refractivity contribution in [2.24, 2.45) is 0 Å². The minimum absolute atomic E-state index is 0.0403. The molecule has 1 saturated carbocycles. The van der Waals surface area contributed by atoms with Crippen molar-refractivity contribution in [2.45, 2.75) is 63.8 Å². The van der Waals surface area contributed by atoms with Crippen molar-refractivity contribution in [3.8, 4) is 11.5 Å². The Morgan fingerprint density at radius 3 is 2.58 bits per heavy atom. The number of hydrogen-bond acceptors (Lipinski definition) is 4. The normalized spacial score (nSPS) is 16.4. The summed E-state index contributed by atoms with van der Waals surface area (Å²) in [5.74, 6) is 1.03. The van der Waals surface area contributed by atoms with Crippen molar-refractivity contribution < 1.29 is 23.8 Å². The number of carbonyl (C=O) groups is 1. The number of aryl methyl sites for hydroxylation is 1. The number of rotatable bonds is 7. The fourth-order valence-electron chi connectivity index (χ4n) is 4.97. The Morgan fingerprint density at radius 2 is 1.88 bits per heavy atom. The first kappa shape index (κ1) is 22.0. The highest BCUT2D eigenvalue weighted by Crippen LogP contribution is 2.53. The van der Waals surface area contributed by atoms with E-state index in [-0.39, 0.29) is 35.8 Å². The molecule has 1 aliphatic heterocycles. The van der Waals surface area contributed by atoms with Crippen LogP contribution in [0.15, 0.2) is 36.4 Å². The minimum atomic E-state index is -0.522. The summed E-state index contributed by atoms with van der Waals surface area (Å²) in [5, 5.41) is 10.2. The van der Waals surface area contributed by atoms with Gasteiger partial charge >= 0.3 is 0 Å². The van der Waals surface area contributed by atoms with Crippen LogP contribution in [0.1, 0.15) is 56.9 Å². The quantitative estimate of drug-likeness (QED) is 0.547. The first-order valence-electron chi connectivity index (χ1n) is 11.5. The van der Waals surface area contributed by atoms with Crippen molar-refractivity contribution in [1.82, 2.24) is 4.57 Å². The molecule has 0 unspecified atom stereocenters. The molecule has 2 aromatic carbocycles. The lowest BCUT2D eigenvalue weighted by molar-refractivity contribution is -0.122. The fourth-order valence-corrected chi connectivity index (χ4v) is 4.97. The van der Waals surface area contributed by atoms with E-state index in [4.69, 9.17) is 9.47 Å². The first-order valence-corrected chi connectivity index (χ1v) is 11.5. The summed E-state index contributed by atoms with van der Waals surface area (Å²) >= 11 is 0. The van der Waals surface area contributed by atoms with Gasteiger partial charge in [-0.25, -0.2) is 4.39 Å². The summed E-state index contributed by atoms with van der Waals surface area (Å²) in [5.41, 5.74) is 3.42. The summed E-state index contributed by atoms with van der Waals surface area (Å²) in [6.07, 6.45) is 3.68. The number of fused-ring (bicyclic) bond motifs is 2. The van der Waals surface area contributed by atoms with E-state index in [1.54, 1.807) is 6.07 Å². The zero-order valence-electron chi connectivity index (χ0n) is 19.4. The molecule has 6 heteroatoms. The van der Waals surface area contributed by atoms with Gasteiger partial charge in [-0.3, -0.25) is 4.79 Å². The van der Waals surface area contributed by atoms with Gasteiger partial charge in [0.15, 0.2) is 17.3 Å². The number of ether oxygens (including phenoxy) is 2. The molecule has 1 aliphatic carbocycles. The molecule has 174 valence electrons. The van der Waals surface area contributed by atoms with Crippen molar-refractivity contribution in [3.05, 3.63) is 59.0 Å².